The molecule has 30 heavy (non-hydrogen) atoms. The molecule has 0 atom stereocenters. The van der Waals surface area contributed by atoms with Crippen LogP contribution in [-0.4, -0.2) is 12.6 Å². The van der Waals surface area contributed by atoms with Gasteiger partial charge < -0.3 is 4.74 Å². The molecule has 0 saturated heterocycles. The lowest BCUT2D eigenvalue weighted by molar-refractivity contribution is -0.139. The minimum absolute atomic E-state index is 0.0629. The average molecular weight is 423 g/mol. The summed E-state index contributed by atoms with van der Waals surface area (Å²) in [4.78, 5) is 12.5. The Balaban J connectivity index is 4.38. The first kappa shape index (κ1) is 29.2. The lowest BCUT2D eigenvalue weighted by Crippen LogP contribution is -2.10. The van der Waals surface area contributed by atoms with Crippen molar-refractivity contribution < 1.29 is 9.53 Å². The fourth-order valence-electron chi connectivity index (χ4n) is 4.04. The van der Waals surface area contributed by atoms with E-state index in [9.17, 15) is 4.79 Å². The van der Waals surface area contributed by atoms with Gasteiger partial charge in [0.1, 0.15) is 0 Å². The fraction of sp³-hybridized carbons (Fsp3) is 0.893. The van der Waals surface area contributed by atoms with Crippen LogP contribution >= 0.6 is 0 Å². The summed E-state index contributed by atoms with van der Waals surface area (Å²) in [5.41, 5.74) is 2.28. The van der Waals surface area contributed by atoms with Gasteiger partial charge in [-0.05, 0) is 39.0 Å². The van der Waals surface area contributed by atoms with E-state index in [1.807, 2.05) is 6.92 Å². The highest BCUT2D eigenvalue weighted by molar-refractivity contribution is 5.88. The number of carbonyl (C=O) groups excluding carboxylic acids is 1. The van der Waals surface area contributed by atoms with Crippen molar-refractivity contribution in [1.82, 2.24) is 0 Å². The van der Waals surface area contributed by atoms with Crippen molar-refractivity contribution in [3.8, 4) is 0 Å². The summed E-state index contributed by atoms with van der Waals surface area (Å²) in [6.07, 6.45) is 25.3. The zero-order valence-electron chi connectivity index (χ0n) is 21.2. The van der Waals surface area contributed by atoms with Crippen LogP contribution in [0.25, 0.3) is 0 Å². The standard InChI is InChI=1S/C28H54O2/c1-5-8-11-14-16-17-19-21-24-27(23-20-18-15-12-9-6-2)26(4)28(29)30-25-22-13-10-7-3/h5-25H2,1-4H3. The molecule has 0 aromatic heterocycles. The summed E-state index contributed by atoms with van der Waals surface area (Å²) < 4.78 is 5.58. The quantitative estimate of drug-likeness (QED) is 0.0985. The van der Waals surface area contributed by atoms with Gasteiger partial charge in [-0.3, -0.25) is 0 Å². The first-order valence-corrected chi connectivity index (χ1v) is 13.5. The number of rotatable bonds is 22. The molecule has 0 fully saturated rings. The number of esters is 1. The predicted octanol–water partition coefficient (Wildman–Crippen LogP) is 9.71. The molecule has 0 N–H and O–H groups in total. The predicted molar refractivity (Wildman–Crippen MR) is 133 cm³/mol. The van der Waals surface area contributed by atoms with Crippen LogP contribution < -0.4 is 0 Å². The Bertz CT molecular complexity index is 411. The maximum atomic E-state index is 12.5. The van der Waals surface area contributed by atoms with E-state index in [1.165, 1.54) is 108 Å². The van der Waals surface area contributed by atoms with Crippen molar-refractivity contribution >= 4 is 5.97 Å². The van der Waals surface area contributed by atoms with Gasteiger partial charge >= 0.3 is 5.97 Å². The van der Waals surface area contributed by atoms with Crippen molar-refractivity contribution in [3.63, 3.8) is 0 Å². The molecule has 0 aliphatic rings. The molecule has 2 heteroatoms. The SMILES string of the molecule is CCCCCCCCCCC(CCCCCCCC)=C(C)C(=O)OCCCCCC. The van der Waals surface area contributed by atoms with E-state index in [0.29, 0.717) is 6.61 Å². The zero-order chi connectivity index (χ0) is 22.3. The molecule has 0 amide bonds. The normalized spacial score (nSPS) is 12.1. The molecule has 0 saturated carbocycles. The number of hydrogen-bond acceptors (Lipinski definition) is 2. The van der Waals surface area contributed by atoms with Gasteiger partial charge in [0, 0.05) is 5.57 Å². The van der Waals surface area contributed by atoms with E-state index in [0.717, 1.165) is 31.3 Å². The van der Waals surface area contributed by atoms with Gasteiger partial charge in [-0.25, -0.2) is 4.79 Å². The second-order valence-corrected chi connectivity index (χ2v) is 9.17. The van der Waals surface area contributed by atoms with Gasteiger partial charge in [-0.15, -0.1) is 0 Å². The molecule has 0 bridgehead atoms. The third-order valence-electron chi connectivity index (χ3n) is 6.23. The third kappa shape index (κ3) is 18.0. The first-order valence-electron chi connectivity index (χ1n) is 13.5. The van der Waals surface area contributed by atoms with Crippen LogP contribution in [0, 0.1) is 0 Å². The fourth-order valence-corrected chi connectivity index (χ4v) is 4.04. The Labute approximate surface area is 189 Å². The molecular weight excluding hydrogens is 368 g/mol. The Morgan fingerprint density at radius 1 is 0.533 bits per heavy atom. The minimum Gasteiger partial charge on any atom is -0.462 e. The lowest BCUT2D eigenvalue weighted by atomic mass is 9.95. The monoisotopic (exact) mass is 422 g/mol. The van der Waals surface area contributed by atoms with Gasteiger partial charge in [0.15, 0.2) is 0 Å². The van der Waals surface area contributed by atoms with Crippen molar-refractivity contribution in [2.24, 2.45) is 0 Å². The molecule has 2 nitrogen and oxygen atoms in total. The summed E-state index contributed by atoms with van der Waals surface area (Å²) >= 11 is 0. The Morgan fingerprint density at radius 2 is 0.900 bits per heavy atom. The summed E-state index contributed by atoms with van der Waals surface area (Å²) in [6.45, 7) is 9.33. The molecular formula is C28H54O2. The molecule has 0 heterocycles. The van der Waals surface area contributed by atoms with Gasteiger partial charge in [-0.2, -0.15) is 0 Å². The largest absolute Gasteiger partial charge is 0.462 e. The molecule has 0 aliphatic carbocycles. The zero-order valence-corrected chi connectivity index (χ0v) is 21.2. The van der Waals surface area contributed by atoms with Crippen molar-refractivity contribution in [3.05, 3.63) is 11.1 Å². The molecule has 0 aromatic rings. The highest BCUT2D eigenvalue weighted by Gasteiger charge is 2.12. The van der Waals surface area contributed by atoms with Crippen molar-refractivity contribution in [2.45, 2.75) is 156 Å². The van der Waals surface area contributed by atoms with Crippen LogP contribution in [0.15, 0.2) is 11.1 Å². The summed E-state index contributed by atoms with van der Waals surface area (Å²) in [6, 6.07) is 0. The Morgan fingerprint density at radius 3 is 1.33 bits per heavy atom. The highest BCUT2D eigenvalue weighted by Crippen LogP contribution is 2.22. The van der Waals surface area contributed by atoms with Crippen LogP contribution in [0.3, 0.4) is 0 Å². The number of unbranched alkanes of at least 4 members (excludes halogenated alkanes) is 15. The minimum atomic E-state index is -0.0629. The molecule has 178 valence electrons. The number of allylic oxidation sites excluding steroid dienone is 1. The van der Waals surface area contributed by atoms with Crippen molar-refractivity contribution in [2.75, 3.05) is 6.61 Å². The smallest absolute Gasteiger partial charge is 0.333 e. The van der Waals surface area contributed by atoms with E-state index in [1.54, 1.807) is 0 Å². The molecule has 0 unspecified atom stereocenters. The summed E-state index contributed by atoms with van der Waals surface area (Å²) in [5, 5.41) is 0. The first-order chi connectivity index (χ1) is 14.7. The van der Waals surface area contributed by atoms with E-state index in [-0.39, 0.29) is 5.97 Å². The number of hydrogen-bond donors (Lipinski definition) is 0. The Hall–Kier alpha value is -0.790. The van der Waals surface area contributed by atoms with Gasteiger partial charge in [-0.1, -0.05) is 123 Å². The Kier molecular flexibility index (Phi) is 22.3. The highest BCUT2D eigenvalue weighted by atomic mass is 16.5. The van der Waals surface area contributed by atoms with Gasteiger partial charge in [0.05, 0.1) is 6.61 Å². The van der Waals surface area contributed by atoms with Crippen LogP contribution in [0.5, 0.6) is 0 Å². The van der Waals surface area contributed by atoms with Crippen molar-refractivity contribution in [1.29, 1.82) is 0 Å². The second kappa shape index (κ2) is 22.9. The van der Waals surface area contributed by atoms with E-state index in [2.05, 4.69) is 20.8 Å². The number of ether oxygens (including phenoxy) is 1. The topological polar surface area (TPSA) is 26.3 Å². The summed E-state index contributed by atoms with van der Waals surface area (Å²) in [5.74, 6) is -0.0629. The van der Waals surface area contributed by atoms with E-state index in [4.69, 9.17) is 4.74 Å². The van der Waals surface area contributed by atoms with Crippen LogP contribution in [0.4, 0.5) is 0 Å². The van der Waals surface area contributed by atoms with Gasteiger partial charge in [0.2, 0.25) is 0 Å². The lowest BCUT2D eigenvalue weighted by Gasteiger charge is -2.13. The van der Waals surface area contributed by atoms with Gasteiger partial charge in [0.25, 0.3) is 0 Å². The molecule has 0 aromatic carbocycles. The maximum Gasteiger partial charge on any atom is 0.333 e. The molecule has 0 rings (SSSR count). The van der Waals surface area contributed by atoms with Crippen LogP contribution in [0.2, 0.25) is 0 Å². The van der Waals surface area contributed by atoms with Crippen LogP contribution in [0.1, 0.15) is 156 Å². The molecule has 0 radical (unpaired) electrons. The third-order valence-corrected chi connectivity index (χ3v) is 6.23. The maximum absolute atomic E-state index is 12.5. The summed E-state index contributed by atoms with van der Waals surface area (Å²) in [7, 11) is 0. The average Bonchev–Trinajstić information content (AvgIpc) is 2.75. The molecule has 0 aliphatic heterocycles. The van der Waals surface area contributed by atoms with Crippen LogP contribution in [-0.2, 0) is 9.53 Å². The second-order valence-electron chi connectivity index (χ2n) is 9.17. The van der Waals surface area contributed by atoms with E-state index < -0.39 is 0 Å². The molecule has 0 spiro atoms. The number of carbonyl (C=O) groups is 1. The van der Waals surface area contributed by atoms with E-state index >= 15 is 0 Å².